The standard InChI is InChI=1S/C8H12NO/c1-2-4-8-7(3-1)9-5-6-10-8/h1-6H2. The maximum atomic E-state index is 5.47. The molecular formula is C8H12NO. The number of hydrogen-bond acceptors (Lipinski definition) is 1. The van der Waals surface area contributed by atoms with Gasteiger partial charge in [-0.05, 0) is 19.3 Å². The lowest BCUT2D eigenvalue weighted by atomic mass is 10.0. The van der Waals surface area contributed by atoms with Gasteiger partial charge >= 0.3 is 0 Å². The summed E-state index contributed by atoms with van der Waals surface area (Å²) in [6.45, 7) is 1.68. The van der Waals surface area contributed by atoms with E-state index in [0.717, 1.165) is 26.0 Å². The van der Waals surface area contributed by atoms with Crippen molar-refractivity contribution in [1.29, 1.82) is 0 Å². The van der Waals surface area contributed by atoms with Gasteiger partial charge in [0.15, 0.2) is 0 Å². The van der Waals surface area contributed by atoms with Gasteiger partial charge in [-0.3, -0.25) is 5.32 Å². The summed E-state index contributed by atoms with van der Waals surface area (Å²) in [7, 11) is 0. The van der Waals surface area contributed by atoms with E-state index < -0.39 is 0 Å². The molecule has 10 heavy (non-hydrogen) atoms. The summed E-state index contributed by atoms with van der Waals surface area (Å²) in [6.07, 6.45) is 4.86. The van der Waals surface area contributed by atoms with Crippen LogP contribution in [0.2, 0.25) is 0 Å². The van der Waals surface area contributed by atoms with E-state index in [1.54, 1.807) is 0 Å². The van der Waals surface area contributed by atoms with Gasteiger partial charge in [-0.2, -0.15) is 0 Å². The average Bonchev–Trinajstić information content (AvgIpc) is 2.05. The topological polar surface area (TPSA) is 23.3 Å². The van der Waals surface area contributed by atoms with Crippen molar-refractivity contribution < 1.29 is 4.74 Å². The Balaban J connectivity index is 2.14. The summed E-state index contributed by atoms with van der Waals surface area (Å²) >= 11 is 0. The molecule has 2 rings (SSSR count). The smallest absolute Gasteiger partial charge is 0.117 e. The predicted molar refractivity (Wildman–Crippen MR) is 38.4 cm³/mol. The molecule has 1 aliphatic carbocycles. The molecule has 0 aromatic heterocycles. The molecule has 2 heteroatoms. The van der Waals surface area contributed by atoms with Gasteiger partial charge in [0.1, 0.15) is 12.4 Å². The lowest BCUT2D eigenvalue weighted by molar-refractivity contribution is 0.169. The highest BCUT2D eigenvalue weighted by atomic mass is 16.5. The van der Waals surface area contributed by atoms with Crippen LogP contribution in [0.1, 0.15) is 25.7 Å². The molecule has 0 aromatic rings. The monoisotopic (exact) mass is 138 g/mol. The second-order valence-electron chi connectivity index (χ2n) is 2.81. The number of nitrogens with zero attached hydrogens (tertiary/aromatic N) is 1. The third-order valence-corrected chi connectivity index (χ3v) is 2.06. The first-order valence-corrected chi connectivity index (χ1v) is 3.99. The molecule has 2 aliphatic rings. The maximum absolute atomic E-state index is 5.47. The summed E-state index contributed by atoms with van der Waals surface area (Å²) in [4.78, 5) is 0. The van der Waals surface area contributed by atoms with Crippen LogP contribution in [0.3, 0.4) is 0 Å². The first-order chi connectivity index (χ1) is 4.97. The molecule has 0 unspecified atom stereocenters. The second-order valence-corrected chi connectivity index (χ2v) is 2.81. The molecule has 1 heterocycles. The molecule has 0 saturated carbocycles. The Morgan fingerprint density at radius 1 is 1.20 bits per heavy atom. The van der Waals surface area contributed by atoms with E-state index in [0.29, 0.717) is 0 Å². The molecule has 1 radical (unpaired) electrons. The minimum absolute atomic E-state index is 0.804. The average molecular weight is 138 g/mol. The van der Waals surface area contributed by atoms with Gasteiger partial charge in [-0.1, -0.05) is 0 Å². The predicted octanol–water partition coefficient (Wildman–Crippen LogP) is 1.41. The SMILES string of the molecule is C1CCC2=C(C1)[N]CCO2. The van der Waals surface area contributed by atoms with Crippen molar-refractivity contribution in [2.24, 2.45) is 0 Å². The summed E-state index contributed by atoms with van der Waals surface area (Å²) < 4.78 is 5.47. The quantitative estimate of drug-likeness (QED) is 0.496. The lowest BCUT2D eigenvalue weighted by Gasteiger charge is -2.24. The molecule has 55 valence electrons. The van der Waals surface area contributed by atoms with Crippen molar-refractivity contribution in [2.75, 3.05) is 13.2 Å². The zero-order valence-corrected chi connectivity index (χ0v) is 6.10. The zero-order chi connectivity index (χ0) is 6.81. The van der Waals surface area contributed by atoms with Gasteiger partial charge in [-0.15, -0.1) is 0 Å². The highest BCUT2D eigenvalue weighted by molar-refractivity contribution is 5.11. The van der Waals surface area contributed by atoms with Crippen molar-refractivity contribution in [3.63, 3.8) is 0 Å². The van der Waals surface area contributed by atoms with Gasteiger partial charge in [0.05, 0.1) is 12.2 Å². The van der Waals surface area contributed by atoms with Gasteiger partial charge in [0, 0.05) is 6.42 Å². The van der Waals surface area contributed by atoms with Gasteiger partial charge in [0.25, 0.3) is 0 Å². The first-order valence-electron chi connectivity index (χ1n) is 3.99. The lowest BCUT2D eigenvalue weighted by Crippen LogP contribution is -2.22. The Bertz CT molecular complexity index is 129. The zero-order valence-electron chi connectivity index (χ0n) is 6.10. The van der Waals surface area contributed by atoms with E-state index in [-0.39, 0.29) is 0 Å². The van der Waals surface area contributed by atoms with Crippen molar-refractivity contribution in [3.05, 3.63) is 11.5 Å². The Kier molecular flexibility index (Phi) is 1.53. The molecule has 0 fully saturated rings. The Labute approximate surface area is 61.3 Å². The third-order valence-electron chi connectivity index (χ3n) is 2.06. The highest BCUT2D eigenvalue weighted by Crippen LogP contribution is 2.25. The summed E-state index contributed by atoms with van der Waals surface area (Å²) in [5.74, 6) is 1.18. The number of ether oxygens (including phenoxy) is 1. The molecular weight excluding hydrogens is 126 g/mol. The summed E-state index contributed by atoms with van der Waals surface area (Å²) in [5.41, 5.74) is 1.25. The van der Waals surface area contributed by atoms with Crippen LogP contribution in [0.4, 0.5) is 0 Å². The van der Waals surface area contributed by atoms with Crippen LogP contribution in [0, 0.1) is 0 Å². The molecule has 0 saturated heterocycles. The van der Waals surface area contributed by atoms with E-state index in [4.69, 9.17) is 4.74 Å². The number of hydrogen-bond donors (Lipinski definition) is 0. The normalized spacial score (nSPS) is 24.8. The Morgan fingerprint density at radius 3 is 3.00 bits per heavy atom. The minimum Gasteiger partial charge on any atom is -0.494 e. The van der Waals surface area contributed by atoms with Crippen LogP contribution < -0.4 is 5.32 Å². The summed E-state index contributed by atoms with van der Waals surface area (Å²) in [6, 6.07) is 0. The molecule has 0 amide bonds. The van der Waals surface area contributed by atoms with E-state index in [1.807, 2.05) is 0 Å². The molecule has 0 bridgehead atoms. The van der Waals surface area contributed by atoms with Crippen LogP contribution in [-0.2, 0) is 4.74 Å². The third kappa shape index (κ3) is 0.981. The van der Waals surface area contributed by atoms with E-state index in [9.17, 15) is 0 Å². The minimum atomic E-state index is 0.804. The van der Waals surface area contributed by atoms with Gasteiger partial charge in [0.2, 0.25) is 0 Å². The van der Waals surface area contributed by atoms with Crippen LogP contribution in [0.25, 0.3) is 0 Å². The molecule has 2 nitrogen and oxygen atoms in total. The number of allylic oxidation sites excluding steroid dienone is 2. The van der Waals surface area contributed by atoms with Crippen molar-refractivity contribution in [3.8, 4) is 0 Å². The van der Waals surface area contributed by atoms with E-state index in [2.05, 4.69) is 5.32 Å². The van der Waals surface area contributed by atoms with E-state index >= 15 is 0 Å². The molecule has 0 spiro atoms. The second kappa shape index (κ2) is 2.52. The fourth-order valence-corrected chi connectivity index (χ4v) is 1.53. The van der Waals surface area contributed by atoms with Crippen LogP contribution in [-0.4, -0.2) is 13.2 Å². The Morgan fingerprint density at radius 2 is 2.10 bits per heavy atom. The fraction of sp³-hybridized carbons (Fsp3) is 0.750. The van der Waals surface area contributed by atoms with Gasteiger partial charge < -0.3 is 4.74 Å². The van der Waals surface area contributed by atoms with Crippen LogP contribution >= 0.6 is 0 Å². The molecule has 0 N–H and O–H groups in total. The summed E-state index contributed by atoms with van der Waals surface area (Å²) in [5, 5.41) is 4.41. The van der Waals surface area contributed by atoms with E-state index in [1.165, 1.54) is 24.3 Å². The Hall–Kier alpha value is -0.660. The maximum Gasteiger partial charge on any atom is 0.117 e. The van der Waals surface area contributed by atoms with Crippen molar-refractivity contribution >= 4 is 0 Å². The van der Waals surface area contributed by atoms with Crippen molar-refractivity contribution in [1.82, 2.24) is 5.32 Å². The van der Waals surface area contributed by atoms with Gasteiger partial charge in [-0.25, -0.2) is 0 Å². The highest BCUT2D eigenvalue weighted by Gasteiger charge is 2.17. The largest absolute Gasteiger partial charge is 0.494 e. The van der Waals surface area contributed by atoms with Crippen molar-refractivity contribution in [2.45, 2.75) is 25.7 Å². The van der Waals surface area contributed by atoms with Crippen LogP contribution in [0.5, 0.6) is 0 Å². The fourth-order valence-electron chi connectivity index (χ4n) is 1.53. The molecule has 0 atom stereocenters. The molecule has 1 aliphatic heterocycles. The van der Waals surface area contributed by atoms with Crippen LogP contribution in [0.15, 0.2) is 11.5 Å². The first kappa shape index (κ1) is 6.08. The molecule has 0 aromatic carbocycles. The number of rotatable bonds is 0.